The van der Waals surface area contributed by atoms with E-state index in [9.17, 15) is 0 Å². The normalized spacial score (nSPS) is 15.3. The van der Waals surface area contributed by atoms with E-state index in [0.29, 0.717) is 0 Å². The molecule has 0 aromatic carbocycles. The fraction of sp³-hybridized carbons (Fsp3) is 0.733. The summed E-state index contributed by atoms with van der Waals surface area (Å²) in [5, 5.41) is 3.26. The summed E-state index contributed by atoms with van der Waals surface area (Å²) in [6.07, 6.45) is 2.72. The smallest absolute Gasteiger partial charge is 0.118 e. The Labute approximate surface area is 116 Å². The van der Waals surface area contributed by atoms with Gasteiger partial charge in [0.05, 0.1) is 19.7 Å². The first kappa shape index (κ1) is 14.6. The van der Waals surface area contributed by atoms with Crippen molar-refractivity contribution in [2.45, 2.75) is 32.9 Å². The lowest BCUT2D eigenvalue weighted by atomic mass is 10.4. The standard InChI is InChI=1S/C15H26N2O2/c1-3-16-10-14-6-7-15(19-14)11-17(2)8-9-18-12-13-4-5-13/h6-7,13,16H,3-5,8-12H2,1-2H3. The summed E-state index contributed by atoms with van der Waals surface area (Å²) in [5.74, 6) is 2.89. The maximum atomic E-state index is 5.77. The van der Waals surface area contributed by atoms with E-state index in [0.717, 1.165) is 56.8 Å². The second-order valence-electron chi connectivity index (χ2n) is 5.40. The van der Waals surface area contributed by atoms with Crippen molar-refractivity contribution in [1.29, 1.82) is 0 Å². The molecule has 0 amide bonds. The molecule has 1 heterocycles. The van der Waals surface area contributed by atoms with Crippen LogP contribution >= 0.6 is 0 Å². The van der Waals surface area contributed by atoms with Crippen molar-refractivity contribution in [3.63, 3.8) is 0 Å². The molecule has 1 aromatic rings. The fourth-order valence-corrected chi connectivity index (χ4v) is 1.95. The number of rotatable bonds is 10. The molecular formula is C15H26N2O2. The number of nitrogens with one attached hydrogen (secondary N) is 1. The Morgan fingerprint density at radius 3 is 2.89 bits per heavy atom. The van der Waals surface area contributed by atoms with Gasteiger partial charge >= 0.3 is 0 Å². The van der Waals surface area contributed by atoms with Gasteiger partial charge in [-0.05, 0) is 44.5 Å². The van der Waals surface area contributed by atoms with Gasteiger partial charge in [-0.2, -0.15) is 0 Å². The van der Waals surface area contributed by atoms with Crippen molar-refractivity contribution in [2.24, 2.45) is 5.92 Å². The Hall–Kier alpha value is -0.840. The van der Waals surface area contributed by atoms with E-state index in [4.69, 9.17) is 9.15 Å². The topological polar surface area (TPSA) is 37.6 Å². The summed E-state index contributed by atoms with van der Waals surface area (Å²) in [5.41, 5.74) is 0. The van der Waals surface area contributed by atoms with Gasteiger partial charge in [0.15, 0.2) is 0 Å². The number of furan rings is 1. The highest BCUT2D eigenvalue weighted by atomic mass is 16.5. The lowest BCUT2D eigenvalue weighted by Crippen LogP contribution is -2.22. The highest BCUT2D eigenvalue weighted by Crippen LogP contribution is 2.28. The zero-order chi connectivity index (χ0) is 13.5. The monoisotopic (exact) mass is 266 g/mol. The van der Waals surface area contributed by atoms with Gasteiger partial charge in [0, 0.05) is 13.2 Å². The minimum atomic E-state index is 0.810. The molecular weight excluding hydrogens is 240 g/mol. The van der Waals surface area contributed by atoms with E-state index in [1.165, 1.54) is 12.8 Å². The van der Waals surface area contributed by atoms with Gasteiger partial charge in [0.1, 0.15) is 11.5 Å². The molecule has 0 radical (unpaired) electrons. The molecule has 108 valence electrons. The van der Waals surface area contributed by atoms with Crippen molar-refractivity contribution in [2.75, 3.05) is 33.4 Å². The van der Waals surface area contributed by atoms with Crippen LogP contribution in [0.1, 0.15) is 31.3 Å². The van der Waals surface area contributed by atoms with Gasteiger partial charge in [0.25, 0.3) is 0 Å². The molecule has 1 aromatic heterocycles. The van der Waals surface area contributed by atoms with E-state index in [1.807, 2.05) is 0 Å². The number of hydrogen-bond acceptors (Lipinski definition) is 4. The molecule has 0 aliphatic heterocycles. The van der Waals surface area contributed by atoms with E-state index in [1.54, 1.807) is 0 Å². The molecule has 2 rings (SSSR count). The van der Waals surface area contributed by atoms with Gasteiger partial charge in [-0.3, -0.25) is 4.90 Å². The van der Waals surface area contributed by atoms with Crippen molar-refractivity contribution < 1.29 is 9.15 Å². The van der Waals surface area contributed by atoms with Gasteiger partial charge in [0.2, 0.25) is 0 Å². The lowest BCUT2D eigenvalue weighted by molar-refractivity contribution is 0.0999. The van der Waals surface area contributed by atoms with Gasteiger partial charge in [-0.15, -0.1) is 0 Å². The van der Waals surface area contributed by atoms with Crippen LogP contribution in [-0.2, 0) is 17.8 Å². The SMILES string of the molecule is CCNCc1ccc(CN(C)CCOCC2CC2)o1. The highest BCUT2D eigenvalue weighted by molar-refractivity contribution is 5.06. The van der Waals surface area contributed by atoms with Crippen molar-refractivity contribution in [3.8, 4) is 0 Å². The Kier molecular flexibility index (Phi) is 5.89. The van der Waals surface area contributed by atoms with E-state index in [2.05, 4.69) is 36.3 Å². The minimum absolute atomic E-state index is 0.810. The predicted molar refractivity (Wildman–Crippen MR) is 76.0 cm³/mol. The first-order valence-electron chi connectivity index (χ1n) is 7.32. The zero-order valence-corrected chi connectivity index (χ0v) is 12.2. The van der Waals surface area contributed by atoms with Crippen LogP contribution in [0.3, 0.4) is 0 Å². The molecule has 1 N–H and O–H groups in total. The summed E-state index contributed by atoms with van der Waals surface area (Å²) in [6, 6.07) is 4.11. The average Bonchev–Trinajstić information content (AvgIpc) is 3.12. The van der Waals surface area contributed by atoms with Gasteiger partial charge < -0.3 is 14.5 Å². The first-order valence-corrected chi connectivity index (χ1v) is 7.32. The minimum Gasteiger partial charge on any atom is -0.463 e. The molecule has 0 spiro atoms. The van der Waals surface area contributed by atoms with Crippen molar-refractivity contribution >= 4 is 0 Å². The Morgan fingerprint density at radius 1 is 1.37 bits per heavy atom. The molecule has 1 aliphatic rings. The van der Waals surface area contributed by atoms with E-state index < -0.39 is 0 Å². The van der Waals surface area contributed by atoms with Crippen LogP contribution in [0.5, 0.6) is 0 Å². The number of nitrogens with zero attached hydrogens (tertiary/aromatic N) is 1. The second kappa shape index (κ2) is 7.68. The quantitative estimate of drug-likeness (QED) is 0.659. The Bertz CT molecular complexity index is 361. The summed E-state index contributed by atoms with van der Waals surface area (Å²) in [6.45, 7) is 7.44. The third-order valence-corrected chi connectivity index (χ3v) is 3.36. The molecule has 1 saturated carbocycles. The molecule has 0 atom stereocenters. The van der Waals surface area contributed by atoms with Gasteiger partial charge in [-0.1, -0.05) is 6.92 Å². The third-order valence-electron chi connectivity index (χ3n) is 3.36. The summed E-state index contributed by atoms with van der Waals surface area (Å²) in [4.78, 5) is 2.24. The molecule has 4 nitrogen and oxygen atoms in total. The Balaban J connectivity index is 1.60. The highest BCUT2D eigenvalue weighted by Gasteiger charge is 2.20. The second-order valence-corrected chi connectivity index (χ2v) is 5.40. The summed E-state index contributed by atoms with van der Waals surface area (Å²) >= 11 is 0. The number of likely N-dealkylation sites (N-methyl/N-ethyl adjacent to an activating group) is 1. The van der Waals surface area contributed by atoms with Crippen LogP contribution in [0, 0.1) is 5.92 Å². The zero-order valence-electron chi connectivity index (χ0n) is 12.2. The molecule has 0 unspecified atom stereocenters. The maximum absolute atomic E-state index is 5.77. The Morgan fingerprint density at radius 2 is 2.16 bits per heavy atom. The van der Waals surface area contributed by atoms with Crippen LogP contribution in [0.4, 0.5) is 0 Å². The third kappa shape index (κ3) is 5.76. The lowest BCUT2D eigenvalue weighted by Gasteiger charge is -2.15. The summed E-state index contributed by atoms with van der Waals surface area (Å²) in [7, 11) is 2.10. The van der Waals surface area contributed by atoms with Gasteiger partial charge in [-0.25, -0.2) is 0 Å². The molecule has 1 fully saturated rings. The number of ether oxygens (including phenoxy) is 1. The molecule has 0 saturated heterocycles. The summed E-state index contributed by atoms with van der Waals surface area (Å²) < 4.78 is 11.4. The number of hydrogen-bond donors (Lipinski definition) is 1. The van der Waals surface area contributed by atoms with Crippen LogP contribution in [0.2, 0.25) is 0 Å². The maximum Gasteiger partial charge on any atom is 0.118 e. The van der Waals surface area contributed by atoms with Crippen molar-refractivity contribution in [1.82, 2.24) is 10.2 Å². The average molecular weight is 266 g/mol. The largest absolute Gasteiger partial charge is 0.463 e. The van der Waals surface area contributed by atoms with Crippen LogP contribution < -0.4 is 5.32 Å². The first-order chi connectivity index (χ1) is 9.28. The van der Waals surface area contributed by atoms with E-state index in [-0.39, 0.29) is 0 Å². The fourth-order valence-electron chi connectivity index (χ4n) is 1.95. The van der Waals surface area contributed by atoms with E-state index >= 15 is 0 Å². The molecule has 4 heteroatoms. The van der Waals surface area contributed by atoms with Crippen LogP contribution in [0.15, 0.2) is 16.5 Å². The molecule has 19 heavy (non-hydrogen) atoms. The van der Waals surface area contributed by atoms with Crippen molar-refractivity contribution in [3.05, 3.63) is 23.7 Å². The van der Waals surface area contributed by atoms with Crippen LogP contribution in [-0.4, -0.2) is 38.3 Å². The predicted octanol–water partition coefficient (Wildman–Crippen LogP) is 2.25. The molecule has 1 aliphatic carbocycles. The van der Waals surface area contributed by atoms with Crippen LogP contribution in [0.25, 0.3) is 0 Å². The molecule has 0 bridgehead atoms.